The van der Waals surface area contributed by atoms with Crippen molar-refractivity contribution in [3.05, 3.63) is 0 Å². The first-order valence-electron chi connectivity index (χ1n) is 6.35. The first kappa shape index (κ1) is 14.9. The van der Waals surface area contributed by atoms with E-state index >= 15 is 0 Å². The predicted molar refractivity (Wildman–Crippen MR) is 69.4 cm³/mol. The second-order valence-corrected chi connectivity index (χ2v) is 5.19. The molecule has 0 aromatic heterocycles. The van der Waals surface area contributed by atoms with E-state index in [4.69, 9.17) is 0 Å². The molecule has 0 bridgehead atoms. The maximum atomic E-state index is 2.30. The number of hydrogen-bond donors (Lipinski definition) is 0. The molecule has 0 saturated heterocycles. The van der Waals surface area contributed by atoms with Gasteiger partial charge in [-0.2, -0.15) is 0 Å². The molecule has 0 spiro atoms. The molecular formula is C13H30N2. The summed E-state index contributed by atoms with van der Waals surface area (Å²) >= 11 is 0. The predicted octanol–water partition coefficient (Wildman–Crippen LogP) is 2.70. The average molecular weight is 214 g/mol. The van der Waals surface area contributed by atoms with Crippen molar-refractivity contribution < 1.29 is 0 Å². The summed E-state index contributed by atoms with van der Waals surface area (Å²) in [7, 11) is 8.66. The van der Waals surface area contributed by atoms with Crippen molar-refractivity contribution in [1.29, 1.82) is 0 Å². The molecule has 0 fully saturated rings. The molecule has 0 N–H and O–H groups in total. The van der Waals surface area contributed by atoms with Gasteiger partial charge in [-0.3, -0.25) is 0 Å². The van der Waals surface area contributed by atoms with Crippen LogP contribution in [0, 0.1) is 5.92 Å². The summed E-state index contributed by atoms with van der Waals surface area (Å²) in [4.78, 5) is 4.59. The second-order valence-electron chi connectivity index (χ2n) is 5.19. The van der Waals surface area contributed by atoms with Crippen LogP contribution in [0.3, 0.4) is 0 Å². The van der Waals surface area contributed by atoms with E-state index in [9.17, 15) is 0 Å². The van der Waals surface area contributed by atoms with Crippen LogP contribution in [-0.2, 0) is 0 Å². The SMILES string of the molecule is CCCC(CCCN(C)C)CCN(C)C. The van der Waals surface area contributed by atoms with Gasteiger partial charge in [-0.1, -0.05) is 19.8 Å². The Morgan fingerprint density at radius 3 is 1.87 bits per heavy atom. The highest BCUT2D eigenvalue weighted by Crippen LogP contribution is 2.17. The maximum absolute atomic E-state index is 2.30. The van der Waals surface area contributed by atoms with Crippen LogP contribution in [0.2, 0.25) is 0 Å². The molecule has 2 nitrogen and oxygen atoms in total. The third-order valence-electron chi connectivity index (χ3n) is 2.90. The molecule has 0 aromatic carbocycles. The third kappa shape index (κ3) is 10.2. The molecule has 2 heteroatoms. The Morgan fingerprint density at radius 2 is 1.40 bits per heavy atom. The molecule has 0 aliphatic heterocycles. The summed E-state index contributed by atoms with van der Waals surface area (Å²) in [5, 5.41) is 0. The first-order chi connectivity index (χ1) is 7.06. The lowest BCUT2D eigenvalue weighted by molar-refractivity contribution is 0.305. The van der Waals surface area contributed by atoms with Gasteiger partial charge in [-0.25, -0.2) is 0 Å². The summed E-state index contributed by atoms with van der Waals surface area (Å²) in [6.45, 7) is 4.78. The van der Waals surface area contributed by atoms with Gasteiger partial charge >= 0.3 is 0 Å². The van der Waals surface area contributed by atoms with Crippen LogP contribution in [-0.4, -0.2) is 51.1 Å². The van der Waals surface area contributed by atoms with Gasteiger partial charge in [-0.15, -0.1) is 0 Å². The Labute approximate surface area is 96.6 Å². The normalized spacial score (nSPS) is 13.8. The highest BCUT2D eigenvalue weighted by molar-refractivity contribution is 4.62. The molecule has 1 atom stereocenters. The van der Waals surface area contributed by atoms with Crippen LogP contribution in [0.15, 0.2) is 0 Å². The van der Waals surface area contributed by atoms with Crippen LogP contribution in [0.4, 0.5) is 0 Å². The van der Waals surface area contributed by atoms with Gasteiger partial charge in [0.05, 0.1) is 0 Å². The lowest BCUT2D eigenvalue weighted by Gasteiger charge is -2.19. The minimum Gasteiger partial charge on any atom is -0.309 e. The Kier molecular flexibility index (Phi) is 9.12. The van der Waals surface area contributed by atoms with E-state index < -0.39 is 0 Å². The minimum absolute atomic E-state index is 0.942. The lowest BCUT2D eigenvalue weighted by atomic mass is 9.94. The molecule has 92 valence electrons. The standard InChI is InChI=1S/C13H30N2/c1-6-8-13(10-12-15(4)5)9-7-11-14(2)3/h13H,6-12H2,1-5H3. The smallest absolute Gasteiger partial charge is 0.00222 e. The summed E-state index contributed by atoms with van der Waals surface area (Å²) < 4.78 is 0. The zero-order valence-electron chi connectivity index (χ0n) is 11.4. The summed E-state index contributed by atoms with van der Waals surface area (Å²) in [6.07, 6.45) is 6.86. The molecule has 15 heavy (non-hydrogen) atoms. The quantitative estimate of drug-likeness (QED) is 0.582. The molecular weight excluding hydrogens is 184 g/mol. The van der Waals surface area contributed by atoms with E-state index in [0.717, 1.165) is 5.92 Å². The monoisotopic (exact) mass is 214 g/mol. The van der Waals surface area contributed by atoms with Crippen molar-refractivity contribution in [3.8, 4) is 0 Å². The molecule has 0 radical (unpaired) electrons. The molecule has 0 amide bonds. The Balaban J connectivity index is 3.62. The van der Waals surface area contributed by atoms with Crippen LogP contribution in [0.25, 0.3) is 0 Å². The van der Waals surface area contributed by atoms with Gasteiger partial charge in [0.25, 0.3) is 0 Å². The number of hydrogen-bond acceptors (Lipinski definition) is 2. The van der Waals surface area contributed by atoms with Crippen molar-refractivity contribution >= 4 is 0 Å². The summed E-state index contributed by atoms with van der Waals surface area (Å²) in [5.41, 5.74) is 0. The van der Waals surface area contributed by atoms with Gasteiger partial charge in [0.1, 0.15) is 0 Å². The fourth-order valence-corrected chi connectivity index (χ4v) is 1.98. The van der Waals surface area contributed by atoms with Crippen molar-refractivity contribution in [1.82, 2.24) is 9.80 Å². The van der Waals surface area contributed by atoms with Gasteiger partial charge in [-0.05, 0) is 66.5 Å². The van der Waals surface area contributed by atoms with E-state index in [0.29, 0.717) is 0 Å². The Morgan fingerprint density at radius 1 is 0.800 bits per heavy atom. The van der Waals surface area contributed by atoms with Crippen molar-refractivity contribution in [2.45, 2.75) is 39.0 Å². The van der Waals surface area contributed by atoms with Crippen LogP contribution in [0.5, 0.6) is 0 Å². The van der Waals surface area contributed by atoms with Crippen LogP contribution in [0.1, 0.15) is 39.0 Å². The average Bonchev–Trinajstić information content (AvgIpc) is 2.13. The van der Waals surface area contributed by atoms with E-state index in [-0.39, 0.29) is 0 Å². The molecule has 0 aromatic rings. The van der Waals surface area contributed by atoms with E-state index in [1.165, 1.54) is 45.2 Å². The Bertz CT molecular complexity index is 132. The number of nitrogens with zero attached hydrogens (tertiary/aromatic N) is 2. The van der Waals surface area contributed by atoms with E-state index in [1.807, 2.05) is 0 Å². The summed E-state index contributed by atoms with van der Waals surface area (Å²) in [5.74, 6) is 0.942. The van der Waals surface area contributed by atoms with Crippen molar-refractivity contribution in [3.63, 3.8) is 0 Å². The van der Waals surface area contributed by atoms with Gasteiger partial charge in [0, 0.05) is 0 Å². The van der Waals surface area contributed by atoms with Crippen LogP contribution < -0.4 is 0 Å². The minimum atomic E-state index is 0.942. The fraction of sp³-hybridized carbons (Fsp3) is 1.00. The Hall–Kier alpha value is -0.0800. The molecule has 0 heterocycles. The van der Waals surface area contributed by atoms with Gasteiger partial charge in [0.2, 0.25) is 0 Å². The molecule has 0 aliphatic carbocycles. The van der Waals surface area contributed by atoms with Crippen LogP contribution >= 0.6 is 0 Å². The van der Waals surface area contributed by atoms with Gasteiger partial charge < -0.3 is 9.80 Å². The highest BCUT2D eigenvalue weighted by atomic mass is 15.1. The molecule has 0 rings (SSSR count). The van der Waals surface area contributed by atoms with Crippen molar-refractivity contribution in [2.24, 2.45) is 5.92 Å². The van der Waals surface area contributed by atoms with Gasteiger partial charge in [0.15, 0.2) is 0 Å². The lowest BCUT2D eigenvalue weighted by Crippen LogP contribution is -2.18. The topological polar surface area (TPSA) is 6.48 Å². The third-order valence-corrected chi connectivity index (χ3v) is 2.90. The maximum Gasteiger partial charge on any atom is -0.00222 e. The fourth-order valence-electron chi connectivity index (χ4n) is 1.98. The first-order valence-corrected chi connectivity index (χ1v) is 6.35. The molecule has 1 unspecified atom stereocenters. The second kappa shape index (κ2) is 9.17. The summed E-state index contributed by atoms with van der Waals surface area (Å²) in [6, 6.07) is 0. The van der Waals surface area contributed by atoms with E-state index in [1.54, 1.807) is 0 Å². The number of rotatable bonds is 9. The largest absolute Gasteiger partial charge is 0.309 e. The van der Waals surface area contributed by atoms with Crippen molar-refractivity contribution in [2.75, 3.05) is 41.3 Å². The zero-order valence-corrected chi connectivity index (χ0v) is 11.4. The van der Waals surface area contributed by atoms with E-state index in [2.05, 4.69) is 44.9 Å². The molecule has 0 saturated carbocycles. The molecule has 0 aliphatic rings. The highest BCUT2D eigenvalue weighted by Gasteiger charge is 2.08. The zero-order chi connectivity index (χ0) is 11.7.